The lowest BCUT2D eigenvalue weighted by molar-refractivity contribution is 0.0936. The van der Waals surface area contributed by atoms with E-state index >= 15 is 0 Å². The van der Waals surface area contributed by atoms with Crippen molar-refractivity contribution in [2.45, 2.75) is 39.8 Å². The molecule has 1 N–H and O–H groups in total. The van der Waals surface area contributed by atoms with Crippen LogP contribution in [0.1, 0.15) is 35.0 Å². The summed E-state index contributed by atoms with van der Waals surface area (Å²) < 4.78 is 1.87. The third-order valence-electron chi connectivity index (χ3n) is 4.13. The largest absolute Gasteiger partial charge is 0.349 e. The second kappa shape index (κ2) is 6.83. The minimum atomic E-state index is -0.0728. The number of carbonyl (C=O) groups is 1. The van der Waals surface area contributed by atoms with Crippen molar-refractivity contribution in [2.75, 3.05) is 0 Å². The molecule has 0 saturated carbocycles. The van der Waals surface area contributed by atoms with Crippen LogP contribution in [0.2, 0.25) is 0 Å². The maximum Gasteiger partial charge on any atom is 0.253 e. The Morgan fingerprint density at radius 2 is 2.12 bits per heavy atom. The van der Waals surface area contributed by atoms with Crippen LogP contribution in [0, 0.1) is 13.8 Å². The highest BCUT2D eigenvalue weighted by Gasteiger charge is 2.14. The van der Waals surface area contributed by atoms with Gasteiger partial charge in [-0.25, -0.2) is 0 Å². The first-order chi connectivity index (χ1) is 11.5. The predicted molar refractivity (Wildman–Crippen MR) is 95.0 cm³/mol. The molecule has 0 saturated heterocycles. The van der Waals surface area contributed by atoms with Crippen molar-refractivity contribution in [3.63, 3.8) is 0 Å². The lowest BCUT2D eigenvalue weighted by atomic mass is 10.1. The second-order valence-corrected chi connectivity index (χ2v) is 6.25. The molecule has 0 radical (unpaired) electrons. The minimum Gasteiger partial charge on any atom is -0.349 e. The molecular weight excluding hydrogens is 300 g/mol. The molecular formula is C19H22N4O. The number of fused-ring (bicyclic) bond motifs is 1. The number of nitrogens with one attached hydrogen (secondary N) is 1. The number of aryl methyl sites for hydroxylation is 3. The van der Waals surface area contributed by atoms with Gasteiger partial charge in [-0.2, -0.15) is 5.10 Å². The Hall–Kier alpha value is -2.69. The monoisotopic (exact) mass is 322 g/mol. The van der Waals surface area contributed by atoms with Gasteiger partial charge in [0.25, 0.3) is 5.91 Å². The Morgan fingerprint density at radius 1 is 1.29 bits per heavy atom. The van der Waals surface area contributed by atoms with E-state index in [0.717, 1.165) is 35.1 Å². The first-order valence-corrected chi connectivity index (χ1v) is 8.19. The molecule has 1 amide bonds. The number of hydrogen-bond acceptors (Lipinski definition) is 3. The zero-order valence-corrected chi connectivity index (χ0v) is 14.3. The first kappa shape index (κ1) is 16.2. The Labute approximate surface area is 141 Å². The fourth-order valence-electron chi connectivity index (χ4n) is 2.75. The van der Waals surface area contributed by atoms with Gasteiger partial charge in [-0.3, -0.25) is 14.5 Å². The lowest BCUT2D eigenvalue weighted by Crippen LogP contribution is -2.34. The molecule has 3 rings (SSSR count). The molecule has 1 aromatic carbocycles. The molecule has 2 heterocycles. The highest BCUT2D eigenvalue weighted by molar-refractivity contribution is 5.98. The van der Waals surface area contributed by atoms with Gasteiger partial charge >= 0.3 is 0 Å². The van der Waals surface area contributed by atoms with Crippen molar-refractivity contribution in [1.29, 1.82) is 0 Å². The standard InChI is InChI=1S/C19H22N4O/c1-13-5-6-18-16(11-13)12-17(15(3)22-18)19(24)21-14(2)7-10-23-9-4-8-20-23/h4-6,8-9,11-12,14H,7,10H2,1-3H3,(H,21,24). The van der Waals surface area contributed by atoms with Crippen LogP contribution in [-0.4, -0.2) is 26.7 Å². The molecule has 0 aliphatic rings. The summed E-state index contributed by atoms with van der Waals surface area (Å²) in [5, 5.41) is 8.23. The van der Waals surface area contributed by atoms with E-state index in [1.807, 2.05) is 55.9 Å². The minimum absolute atomic E-state index is 0.0642. The number of hydrogen-bond donors (Lipinski definition) is 1. The highest BCUT2D eigenvalue weighted by Crippen LogP contribution is 2.18. The van der Waals surface area contributed by atoms with E-state index < -0.39 is 0 Å². The fourth-order valence-corrected chi connectivity index (χ4v) is 2.75. The van der Waals surface area contributed by atoms with Crippen molar-refractivity contribution < 1.29 is 4.79 Å². The van der Waals surface area contributed by atoms with Gasteiger partial charge in [0.05, 0.1) is 16.8 Å². The SMILES string of the molecule is Cc1ccc2nc(C)c(C(=O)NC(C)CCn3cccn3)cc2c1. The highest BCUT2D eigenvalue weighted by atomic mass is 16.1. The van der Waals surface area contributed by atoms with Crippen LogP contribution < -0.4 is 5.32 Å². The van der Waals surface area contributed by atoms with Crippen molar-refractivity contribution >= 4 is 16.8 Å². The quantitative estimate of drug-likeness (QED) is 0.784. The smallest absolute Gasteiger partial charge is 0.253 e. The summed E-state index contributed by atoms with van der Waals surface area (Å²) in [6.07, 6.45) is 4.51. The second-order valence-electron chi connectivity index (χ2n) is 6.25. The lowest BCUT2D eigenvalue weighted by Gasteiger charge is -2.15. The van der Waals surface area contributed by atoms with Crippen molar-refractivity contribution in [3.8, 4) is 0 Å². The average Bonchev–Trinajstić information content (AvgIpc) is 3.06. The molecule has 3 aromatic rings. The average molecular weight is 322 g/mol. The maximum absolute atomic E-state index is 12.6. The van der Waals surface area contributed by atoms with Gasteiger partial charge in [0.15, 0.2) is 0 Å². The normalized spacial score (nSPS) is 12.3. The van der Waals surface area contributed by atoms with E-state index in [0.29, 0.717) is 5.56 Å². The number of rotatable bonds is 5. The van der Waals surface area contributed by atoms with Gasteiger partial charge in [-0.05, 0) is 51.5 Å². The molecule has 0 bridgehead atoms. The molecule has 24 heavy (non-hydrogen) atoms. The van der Waals surface area contributed by atoms with Crippen LogP contribution in [-0.2, 0) is 6.54 Å². The van der Waals surface area contributed by atoms with E-state index in [2.05, 4.69) is 21.5 Å². The molecule has 0 spiro atoms. The number of amides is 1. The van der Waals surface area contributed by atoms with Crippen LogP contribution >= 0.6 is 0 Å². The van der Waals surface area contributed by atoms with Crippen molar-refractivity contribution in [1.82, 2.24) is 20.1 Å². The van der Waals surface area contributed by atoms with E-state index in [4.69, 9.17) is 0 Å². The maximum atomic E-state index is 12.6. The third-order valence-corrected chi connectivity index (χ3v) is 4.13. The Balaban J connectivity index is 1.71. The van der Waals surface area contributed by atoms with Gasteiger partial charge in [0, 0.05) is 30.4 Å². The number of nitrogens with zero attached hydrogens (tertiary/aromatic N) is 3. The third kappa shape index (κ3) is 3.62. The van der Waals surface area contributed by atoms with Crippen LogP contribution in [0.3, 0.4) is 0 Å². The summed E-state index contributed by atoms with van der Waals surface area (Å²) in [5.41, 5.74) is 3.47. The Morgan fingerprint density at radius 3 is 2.88 bits per heavy atom. The van der Waals surface area contributed by atoms with Crippen LogP contribution in [0.4, 0.5) is 0 Å². The van der Waals surface area contributed by atoms with Gasteiger partial charge in [0.1, 0.15) is 0 Å². The van der Waals surface area contributed by atoms with E-state index in [9.17, 15) is 4.79 Å². The molecule has 2 aromatic heterocycles. The molecule has 1 unspecified atom stereocenters. The molecule has 0 fully saturated rings. The molecule has 5 nitrogen and oxygen atoms in total. The van der Waals surface area contributed by atoms with Crippen molar-refractivity contribution in [3.05, 3.63) is 59.5 Å². The number of pyridine rings is 1. The molecule has 1 atom stereocenters. The summed E-state index contributed by atoms with van der Waals surface area (Å²) in [6, 6.07) is 9.97. The fraction of sp³-hybridized carbons (Fsp3) is 0.316. The summed E-state index contributed by atoms with van der Waals surface area (Å²) in [6.45, 7) is 6.71. The van der Waals surface area contributed by atoms with E-state index in [1.54, 1.807) is 6.20 Å². The van der Waals surface area contributed by atoms with Crippen LogP contribution in [0.25, 0.3) is 10.9 Å². The van der Waals surface area contributed by atoms with E-state index in [1.165, 1.54) is 0 Å². The van der Waals surface area contributed by atoms with Gasteiger partial charge in [-0.1, -0.05) is 11.6 Å². The van der Waals surface area contributed by atoms with Crippen LogP contribution in [0.15, 0.2) is 42.7 Å². The predicted octanol–water partition coefficient (Wildman–Crippen LogP) is 3.26. The van der Waals surface area contributed by atoms with Gasteiger partial charge in [-0.15, -0.1) is 0 Å². The molecule has 124 valence electrons. The number of benzene rings is 1. The Bertz CT molecular complexity index is 855. The zero-order chi connectivity index (χ0) is 17.1. The summed E-state index contributed by atoms with van der Waals surface area (Å²) in [7, 11) is 0. The van der Waals surface area contributed by atoms with Crippen LogP contribution in [0.5, 0.6) is 0 Å². The molecule has 5 heteroatoms. The Kier molecular flexibility index (Phi) is 4.60. The van der Waals surface area contributed by atoms with E-state index in [-0.39, 0.29) is 11.9 Å². The molecule has 0 aliphatic carbocycles. The number of aromatic nitrogens is 3. The summed E-state index contributed by atoms with van der Waals surface area (Å²) in [5.74, 6) is -0.0728. The van der Waals surface area contributed by atoms with Gasteiger partial charge in [0.2, 0.25) is 0 Å². The summed E-state index contributed by atoms with van der Waals surface area (Å²) >= 11 is 0. The zero-order valence-electron chi connectivity index (χ0n) is 14.3. The first-order valence-electron chi connectivity index (χ1n) is 8.19. The number of carbonyl (C=O) groups excluding carboxylic acids is 1. The topological polar surface area (TPSA) is 59.8 Å². The summed E-state index contributed by atoms with van der Waals surface area (Å²) in [4.78, 5) is 17.1. The molecule has 0 aliphatic heterocycles. The van der Waals surface area contributed by atoms with Crippen molar-refractivity contribution in [2.24, 2.45) is 0 Å². The van der Waals surface area contributed by atoms with Gasteiger partial charge < -0.3 is 5.32 Å².